The van der Waals surface area contributed by atoms with Gasteiger partial charge in [0.2, 0.25) is 0 Å². The Balaban J connectivity index is 1.82. The van der Waals surface area contributed by atoms with Gasteiger partial charge >= 0.3 is 6.18 Å². The van der Waals surface area contributed by atoms with Crippen LogP contribution in [0.1, 0.15) is 5.56 Å². The molecule has 0 amide bonds. The predicted octanol–water partition coefficient (Wildman–Crippen LogP) is 6.10. The van der Waals surface area contributed by atoms with Gasteiger partial charge in [-0.15, -0.1) is 0 Å². The molecule has 0 unspecified atom stereocenters. The maximum atomic E-state index is 13.0. The number of hydrogen-bond donors (Lipinski definition) is 1. The lowest BCUT2D eigenvalue weighted by atomic mass is 10.1. The van der Waals surface area contributed by atoms with E-state index in [1.807, 2.05) is 42.5 Å². The van der Waals surface area contributed by atoms with Crippen LogP contribution < -0.4 is 4.72 Å². The van der Waals surface area contributed by atoms with Crippen LogP contribution in [0.3, 0.4) is 0 Å². The zero-order chi connectivity index (χ0) is 22.0. The Hall–Kier alpha value is -2.36. The molecule has 0 aliphatic rings. The third-order valence-corrected chi connectivity index (χ3v) is 6.22. The minimum absolute atomic E-state index is 0.659. The first kappa shape index (κ1) is 21.9. The summed E-state index contributed by atoms with van der Waals surface area (Å²) < 4.78 is 46.0. The number of aromatic nitrogens is 3. The quantitative estimate of drug-likeness (QED) is 0.337. The molecule has 0 radical (unpaired) electrons. The van der Waals surface area contributed by atoms with E-state index in [-0.39, 0.29) is 0 Å². The summed E-state index contributed by atoms with van der Waals surface area (Å²) in [5, 5.41) is 0.996. The van der Waals surface area contributed by atoms with Crippen molar-refractivity contribution in [2.75, 3.05) is 19.1 Å². The lowest BCUT2D eigenvalue weighted by molar-refractivity contribution is -0.137. The van der Waals surface area contributed by atoms with E-state index in [9.17, 15) is 13.2 Å². The van der Waals surface area contributed by atoms with Gasteiger partial charge < -0.3 is 9.13 Å². The van der Waals surface area contributed by atoms with Gasteiger partial charge in [-0.05, 0) is 67.7 Å². The summed E-state index contributed by atoms with van der Waals surface area (Å²) in [4.78, 5) is 5.63. The number of benzene rings is 2. The highest BCUT2D eigenvalue weighted by molar-refractivity contribution is 7.98. The van der Waals surface area contributed by atoms with Gasteiger partial charge in [0.1, 0.15) is 0 Å². The second-order valence-electron chi connectivity index (χ2n) is 6.93. The topological polar surface area (TPSA) is 34.8 Å². The molecule has 0 aliphatic carbocycles. The molecule has 31 heavy (non-hydrogen) atoms. The van der Waals surface area contributed by atoms with Crippen molar-refractivity contribution in [3.63, 3.8) is 0 Å². The molecular weight excluding hydrogens is 441 g/mol. The van der Waals surface area contributed by atoms with E-state index in [1.54, 1.807) is 11.8 Å². The maximum Gasteiger partial charge on any atom is 0.416 e. The maximum absolute atomic E-state index is 13.0. The molecule has 0 saturated heterocycles. The summed E-state index contributed by atoms with van der Waals surface area (Å²) in [6.45, 7) is 0.868. The normalized spacial score (nSPS) is 12.0. The number of aryl methyl sites for hydroxylation is 1. The van der Waals surface area contributed by atoms with Gasteiger partial charge in [-0.1, -0.05) is 0 Å². The number of halogens is 3. The summed E-state index contributed by atoms with van der Waals surface area (Å²) in [5.41, 5.74) is 2.70. The molecule has 2 aromatic carbocycles. The van der Waals surface area contributed by atoms with E-state index in [0.29, 0.717) is 5.69 Å². The van der Waals surface area contributed by atoms with Crippen molar-refractivity contribution >= 4 is 34.6 Å². The van der Waals surface area contributed by atoms with Crippen LogP contribution in [0, 0.1) is 0 Å². The van der Waals surface area contributed by atoms with Gasteiger partial charge in [-0.2, -0.15) is 24.9 Å². The lowest BCUT2D eigenvalue weighted by Crippen LogP contribution is -2.04. The zero-order valence-corrected chi connectivity index (χ0v) is 18.6. The average molecular weight is 463 g/mol. The summed E-state index contributed by atoms with van der Waals surface area (Å²) in [5.74, 6) is 0.992. The second-order valence-corrected chi connectivity index (χ2v) is 9.00. The number of imidazole rings is 1. The molecule has 0 aliphatic heterocycles. The first-order valence-corrected chi connectivity index (χ1v) is 11.8. The van der Waals surface area contributed by atoms with Crippen molar-refractivity contribution in [2.24, 2.45) is 0 Å². The van der Waals surface area contributed by atoms with Crippen molar-refractivity contribution in [1.82, 2.24) is 18.8 Å². The van der Waals surface area contributed by atoms with Crippen molar-refractivity contribution in [3.05, 3.63) is 66.7 Å². The van der Waals surface area contributed by atoms with Crippen LogP contribution in [0.5, 0.6) is 0 Å². The van der Waals surface area contributed by atoms with E-state index in [2.05, 4.69) is 26.6 Å². The zero-order valence-electron chi connectivity index (χ0n) is 17.0. The smallest absolute Gasteiger partial charge is 0.336 e. The minimum atomic E-state index is -4.36. The second kappa shape index (κ2) is 9.02. The summed E-state index contributed by atoms with van der Waals surface area (Å²) >= 11 is 3.28. The van der Waals surface area contributed by atoms with Crippen LogP contribution in [-0.2, 0) is 12.7 Å². The number of nitrogens with one attached hydrogen (secondary N) is 1. The van der Waals surface area contributed by atoms with Crippen molar-refractivity contribution in [2.45, 2.75) is 17.6 Å². The van der Waals surface area contributed by atoms with E-state index < -0.39 is 11.7 Å². The van der Waals surface area contributed by atoms with Crippen LogP contribution >= 0.6 is 23.7 Å². The predicted molar refractivity (Wildman–Crippen MR) is 123 cm³/mol. The number of nitrogens with zero attached hydrogens (tertiary/aromatic N) is 3. The lowest BCUT2D eigenvalue weighted by Gasteiger charge is -2.09. The fourth-order valence-electron chi connectivity index (χ4n) is 3.44. The van der Waals surface area contributed by atoms with Gasteiger partial charge in [0.05, 0.1) is 23.1 Å². The van der Waals surface area contributed by atoms with Crippen molar-refractivity contribution in [3.8, 4) is 16.9 Å². The average Bonchev–Trinajstić information content (AvgIpc) is 3.36. The number of fused-ring (bicyclic) bond motifs is 1. The van der Waals surface area contributed by atoms with E-state index in [1.165, 1.54) is 24.1 Å². The molecule has 4 aromatic rings. The van der Waals surface area contributed by atoms with Gasteiger partial charge in [-0.3, -0.25) is 4.72 Å². The molecule has 0 bridgehead atoms. The van der Waals surface area contributed by atoms with Gasteiger partial charge in [-0.25, -0.2) is 4.98 Å². The fraction of sp³-hybridized carbons (Fsp3) is 0.227. The first-order valence-electron chi connectivity index (χ1n) is 9.58. The summed E-state index contributed by atoms with van der Waals surface area (Å²) in [6.07, 6.45) is 3.49. The summed E-state index contributed by atoms with van der Waals surface area (Å²) in [7, 11) is 1.86. The highest BCUT2D eigenvalue weighted by Crippen LogP contribution is 2.35. The standard InChI is InChI=1S/C22H21F3N4S2/c1-26-31-17-7-8-21-18(11-17)19(20-13-28(14-27-20)9-10-30-2)12-29(21)16-5-3-15(4-6-16)22(23,24)25/h3-8,11-14,26H,9-10H2,1-2H3. The Kier molecular flexibility index (Phi) is 6.36. The molecular formula is C22H21F3N4S2. The first-order chi connectivity index (χ1) is 14.9. The Labute approximate surface area is 187 Å². The molecule has 0 saturated carbocycles. The van der Waals surface area contributed by atoms with Gasteiger partial charge in [0.25, 0.3) is 0 Å². The van der Waals surface area contributed by atoms with Crippen LogP contribution in [0.25, 0.3) is 27.8 Å². The Morgan fingerprint density at radius 3 is 2.52 bits per heavy atom. The van der Waals surface area contributed by atoms with Crippen molar-refractivity contribution in [1.29, 1.82) is 0 Å². The van der Waals surface area contributed by atoms with Gasteiger partial charge in [0, 0.05) is 46.2 Å². The molecule has 4 rings (SSSR count). The number of alkyl halides is 3. The highest BCUT2D eigenvalue weighted by Gasteiger charge is 2.30. The SMILES string of the molecule is CNSc1ccc2c(c1)c(-c1cn(CCSC)cn1)cn2-c1ccc(C(F)(F)F)cc1. The van der Waals surface area contributed by atoms with Gasteiger partial charge in [0.15, 0.2) is 0 Å². The van der Waals surface area contributed by atoms with Crippen molar-refractivity contribution < 1.29 is 13.2 Å². The molecule has 162 valence electrons. The molecule has 0 spiro atoms. The van der Waals surface area contributed by atoms with Crippen LogP contribution in [0.2, 0.25) is 0 Å². The number of hydrogen-bond acceptors (Lipinski definition) is 4. The molecule has 0 atom stereocenters. The molecule has 0 fully saturated rings. The largest absolute Gasteiger partial charge is 0.416 e. The number of thioether (sulfide) groups is 1. The fourth-order valence-corrected chi connectivity index (χ4v) is 4.38. The van der Waals surface area contributed by atoms with Crippen LogP contribution in [-0.4, -0.2) is 33.2 Å². The van der Waals surface area contributed by atoms with E-state index in [4.69, 9.17) is 0 Å². The Morgan fingerprint density at radius 2 is 1.84 bits per heavy atom. The molecule has 2 heterocycles. The Bertz CT molecular complexity index is 1180. The Morgan fingerprint density at radius 1 is 1.06 bits per heavy atom. The summed E-state index contributed by atoms with van der Waals surface area (Å²) in [6, 6.07) is 11.3. The molecule has 1 N–H and O–H groups in total. The minimum Gasteiger partial charge on any atom is -0.336 e. The van der Waals surface area contributed by atoms with Crippen LogP contribution in [0.4, 0.5) is 13.2 Å². The molecule has 2 aromatic heterocycles. The monoisotopic (exact) mass is 462 g/mol. The third kappa shape index (κ3) is 4.63. The van der Waals surface area contributed by atoms with E-state index >= 15 is 0 Å². The molecule has 9 heteroatoms. The number of rotatable bonds is 7. The highest BCUT2D eigenvalue weighted by atomic mass is 32.2. The van der Waals surface area contributed by atoms with Crippen LogP contribution in [0.15, 0.2) is 66.1 Å². The third-order valence-electron chi connectivity index (χ3n) is 4.93. The van der Waals surface area contributed by atoms with E-state index in [0.717, 1.165) is 51.5 Å². The molecule has 4 nitrogen and oxygen atoms in total.